The van der Waals surface area contributed by atoms with Gasteiger partial charge in [0.2, 0.25) is 0 Å². The molecule has 2 aromatic carbocycles. The van der Waals surface area contributed by atoms with Crippen LogP contribution in [0, 0.1) is 13.8 Å². The van der Waals surface area contributed by atoms with Gasteiger partial charge in [0.05, 0.1) is 22.9 Å². The summed E-state index contributed by atoms with van der Waals surface area (Å²) in [6.45, 7) is 11.3. The molecular formula is C28H30N2O4. The third kappa shape index (κ3) is 4.00. The van der Waals surface area contributed by atoms with Crippen LogP contribution in [0.5, 0.6) is 5.75 Å². The van der Waals surface area contributed by atoms with Crippen molar-refractivity contribution < 1.29 is 19.1 Å². The van der Waals surface area contributed by atoms with E-state index in [1.807, 2.05) is 64.1 Å². The van der Waals surface area contributed by atoms with Gasteiger partial charge in [-0.25, -0.2) is 4.79 Å². The van der Waals surface area contributed by atoms with E-state index in [4.69, 9.17) is 9.15 Å². The Kier molecular flexibility index (Phi) is 6.59. The van der Waals surface area contributed by atoms with Crippen LogP contribution in [0.25, 0.3) is 33.4 Å². The van der Waals surface area contributed by atoms with Crippen molar-refractivity contribution in [3.8, 4) is 28.2 Å². The summed E-state index contributed by atoms with van der Waals surface area (Å²) in [6.07, 6.45) is 0. The number of esters is 1. The number of aryl methyl sites for hydroxylation is 1. The topological polar surface area (TPSA) is 84.1 Å². The molecule has 6 heteroatoms. The van der Waals surface area contributed by atoms with E-state index < -0.39 is 5.97 Å². The Hall–Kier alpha value is -3.80. The Bertz CT molecular complexity index is 1420. The zero-order valence-corrected chi connectivity index (χ0v) is 20.3. The van der Waals surface area contributed by atoms with Crippen LogP contribution in [0.3, 0.4) is 0 Å². The number of nitrogens with one attached hydrogen (secondary N) is 1. The molecule has 0 spiro atoms. The summed E-state index contributed by atoms with van der Waals surface area (Å²) >= 11 is 0. The maximum atomic E-state index is 12.9. The van der Waals surface area contributed by atoms with Gasteiger partial charge in [-0.2, -0.15) is 0 Å². The molecule has 0 saturated carbocycles. The maximum absolute atomic E-state index is 12.9. The summed E-state index contributed by atoms with van der Waals surface area (Å²) in [5.74, 6) is 0.340. The summed E-state index contributed by atoms with van der Waals surface area (Å²) in [5, 5.41) is 16.1. The summed E-state index contributed by atoms with van der Waals surface area (Å²) in [7, 11) is 0. The average molecular weight is 459 g/mol. The predicted molar refractivity (Wildman–Crippen MR) is 136 cm³/mol. The molecule has 0 unspecified atom stereocenters. The molecule has 0 bridgehead atoms. The van der Waals surface area contributed by atoms with Gasteiger partial charge >= 0.3 is 5.97 Å². The smallest absolute Gasteiger partial charge is 0.338 e. The maximum Gasteiger partial charge on any atom is 0.338 e. The minimum Gasteiger partial charge on any atom is -0.507 e. The van der Waals surface area contributed by atoms with E-state index in [1.54, 1.807) is 13.0 Å². The molecule has 0 atom stereocenters. The number of hydrogen-bond donors (Lipinski definition) is 2. The lowest BCUT2D eigenvalue weighted by molar-refractivity contribution is 0.0527. The van der Waals surface area contributed by atoms with E-state index in [0.29, 0.717) is 46.5 Å². The SMILES string of the molecule is CC/N=c1/cc2oc3cc(NCC)c(C)c(O)c3c(-c3ccccc3C(=O)OCC)c-2cc1C. The highest BCUT2D eigenvalue weighted by Gasteiger charge is 2.25. The molecule has 0 aromatic heterocycles. The molecule has 2 aliphatic rings. The minimum atomic E-state index is -0.407. The van der Waals surface area contributed by atoms with Gasteiger partial charge in [-0.05, 0) is 57.9 Å². The van der Waals surface area contributed by atoms with Crippen molar-refractivity contribution in [1.82, 2.24) is 0 Å². The molecule has 1 heterocycles. The summed E-state index contributed by atoms with van der Waals surface area (Å²) < 4.78 is 11.7. The van der Waals surface area contributed by atoms with E-state index in [-0.39, 0.29) is 12.4 Å². The Morgan fingerprint density at radius 2 is 1.85 bits per heavy atom. The van der Waals surface area contributed by atoms with Crippen molar-refractivity contribution in [1.29, 1.82) is 0 Å². The number of phenolic OH excluding ortho intramolecular Hbond substituents is 1. The highest BCUT2D eigenvalue weighted by atomic mass is 16.5. The first-order valence-corrected chi connectivity index (χ1v) is 11.7. The lowest BCUT2D eigenvalue weighted by Gasteiger charge is -2.20. The highest BCUT2D eigenvalue weighted by Crippen LogP contribution is 2.47. The summed E-state index contributed by atoms with van der Waals surface area (Å²) in [5.41, 5.74) is 5.66. The molecule has 0 radical (unpaired) electrons. The van der Waals surface area contributed by atoms with Gasteiger partial charge in [0.25, 0.3) is 0 Å². The summed E-state index contributed by atoms with van der Waals surface area (Å²) in [6, 6.07) is 13.2. The van der Waals surface area contributed by atoms with Crippen LogP contribution in [0.15, 0.2) is 51.9 Å². The number of ether oxygens (including phenoxy) is 1. The fraction of sp³-hybridized carbons (Fsp3) is 0.286. The quantitative estimate of drug-likeness (QED) is 0.271. The van der Waals surface area contributed by atoms with Gasteiger partial charge in [-0.1, -0.05) is 18.2 Å². The normalized spacial score (nSPS) is 11.9. The largest absolute Gasteiger partial charge is 0.507 e. The molecule has 0 amide bonds. The lowest BCUT2D eigenvalue weighted by atomic mass is 9.88. The van der Waals surface area contributed by atoms with Crippen molar-refractivity contribution in [3.05, 3.63) is 64.5 Å². The molecule has 2 N–H and O–H groups in total. The Labute approximate surface area is 199 Å². The number of nitrogens with zero attached hydrogens (tertiary/aromatic N) is 1. The number of phenols is 1. The number of rotatable bonds is 6. The first kappa shape index (κ1) is 23.4. The number of benzene rings is 3. The van der Waals surface area contributed by atoms with E-state index in [9.17, 15) is 9.90 Å². The first-order valence-electron chi connectivity index (χ1n) is 11.7. The third-order valence-electron chi connectivity index (χ3n) is 5.94. The number of hydrogen-bond acceptors (Lipinski definition) is 6. The van der Waals surface area contributed by atoms with Crippen molar-refractivity contribution >= 4 is 22.6 Å². The first-order chi connectivity index (χ1) is 16.4. The van der Waals surface area contributed by atoms with Crippen LogP contribution < -0.4 is 10.7 Å². The van der Waals surface area contributed by atoms with Crippen LogP contribution in [-0.4, -0.2) is 30.8 Å². The van der Waals surface area contributed by atoms with E-state index in [1.165, 1.54) is 0 Å². The standard InChI is InChI=1S/C28H30N2O4/c1-6-29-21-14-23-20(13-16(21)4)25(18-11-9-10-12-19(18)28(32)33-8-3)26-24(34-23)15-22(30-7-2)17(5)27(26)31/h9-15,30-31H,6-8H2,1-5H3/b29-21-. The number of fused-ring (bicyclic) bond motifs is 2. The Balaban J connectivity index is 2.21. The van der Waals surface area contributed by atoms with Crippen molar-refractivity contribution in [2.45, 2.75) is 34.6 Å². The molecule has 6 nitrogen and oxygen atoms in total. The fourth-order valence-electron chi connectivity index (χ4n) is 4.36. The Morgan fingerprint density at radius 3 is 2.56 bits per heavy atom. The van der Waals surface area contributed by atoms with Crippen LogP contribution in [0.2, 0.25) is 0 Å². The van der Waals surface area contributed by atoms with Crippen LogP contribution >= 0.6 is 0 Å². The van der Waals surface area contributed by atoms with Crippen LogP contribution in [0.4, 0.5) is 5.69 Å². The van der Waals surface area contributed by atoms with Crippen molar-refractivity contribution in [2.24, 2.45) is 4.99 Å². The molecule has 1 aliphatic carbocycles. The number of carbonyl (C=O) groups is 1. The molecule has 1 aliphatic heterocycles. The fourth-order valence-corrected chi connectivity index (χ4v) is 4.36. The number of aromatic hydroxyl groups is 1. The van der Waals surface area contributed by atoms with Gasteiger partial charge in [0.1, 0.15) is 17.1 Å². The third-order valence-corrected chi connectivity index (χ3v) is 5.94. The second-order valence-corrected chi connectivity index (χ2v) is 8.15. The van der Waals surface area contributed by atoms with Crippen LogP contribution in [0.1, 0.15) is 42.3 Å². The average Bonchev–Trinajstić information content (AvgIpc) is 2.82. The van der Waals surface area contributed by atoms with E-state index in [0.717, 1.165) is 27.7 Å². The van der Waals surface area contributed by atoms with E-state index >= 15 is 0 Å². The predicted octanol–water partition coefficient (Wildman–Crippen LogP) is 6.06. The van der Waals surface area contributed by atoms with Gasteiger partial charge < -0.3 is 19.6 Å². The molecule has 2 aromatic rings. The van der Waals surface area contributed by atoms with Gasteiger partial charge in [-0.15, -0.1) is 0 Å². The van der Waals surface area contributed by atoms with Crippen molar-refractivity contribution in [3.63, 3.8) is 0 Å². The molecular weight excluding hydrogens is 428 g/mol. The second kappa shape index (κ2) is 9.59. The number of carbonyl (C=O) groups excluding carboxylic acids is 1. The molecule has 34 heavy (non-hydrogen) atoms. The van der Waals surface area contributed by atoms with Gasteiger partial charge in [0.15, 0.2) is 0 Å². The second-order valence-electron chi connectivity index (χ2n) is 8.15. The highest BCUT2D eigenvalue weighted by molar-refractivity contribution is 6.10. The molecule has 0 fully saturated rings. The van der Waals surface area contributed by atoms with Gasteiger partial charge in [0, 0.05) is 47.6 Å². The monoisotopic (exact) mass is 458 g/mol. The van der Waals surface area contributed by atoms with Crippen LogP contribution in [-0.2, 0) is 4.74 Å². The number of anilines is 1. The van der Waals surface area contributed by atoms with E-state index in [2.05, 4.69) is 10.3 Å². The zero-order valence-electron chi connectivity index (χ0n) is 20.3. The Morgan fingerprint density at radius 1 is 1.09 bits per heavy atom. The molecule has 176 valence electrons. The lowest BCUT2D eigenvalue weighted by Crippen LogP contribution is -2.10. The van der Waals surface area contributed by atoms with Crippen molar-refractivity contribution in [2.75, 3.05) is 25.0 Å². The molecule has 0 saturated heterocycles. The minimum absolute atomic E-state index is 0.118. The summed E-state index contributed by atoms with van der Waals surface area (Å²) in [4.78, 5) is 17.5. The zero-order chi connectivity index (χ0) is 24.4. The molecule has 4 rings (SSSR count). The van der Waals surface area contributed by atoms with Gasteiger partial charge in [-0.3, -0.25) is 4.99 Å².